The molecular formula is C17H21FN6O2. The normalized spacial score (nSPS) is 10.9. The molecule has 0 aliphatic rings. The number of amides is 2. The summed E-state index contributed by atoms with van der Waals surface area (Å²) in [6, 6.07) is 2.69. The minimum Gasteiger partial charge on any atom is -0.491 e. The summed E-state index contributed by atoms with van der Waals surface area (Å²) in [6.45, 7) is 7.22. The van der Waals surface area contributed by atoms with Crippen LogP contribution in [0.2, 0.25) is 0 Å². The molecule has 0 saturated heterocycles. The third-order valence-electron chi connectivity index (χ3n) is 3.92. The Morgan fingerprint density at radius 1 is 1.35 bits per heavy atom. The van der Waals surface area contributed by atoms with Crippen LogP contribution in [0.1, 0.15) is 20.8 Å². The number of carbonyl (C=O) groups is 1. The molecule has 2 aromatic heterocycles. The number of anilines is 1. The van der Waals surface area contributed by atoms with E-state index < -0.39 is 5.82 Å². The zero-order valence-electron chi connectivity index (χ0n) is 14.9. The fourth-order valence-electron chi connectivity index (χ4n) is 2.59. The molecule has 9 heteroatoms. The van der Waals surface area contributed by atoms with Crippen molar-refractivity contribution in [2.45, 2.75) is 20.8 Å². The Kier molecular flexibility index (Phi) is 5.06. The molecule has 0 aliphatic heterocycles. The first-order chi connectivity index (χ1) is 12.5. The predicted octanol–water partition coefficient (Wildman–Crippen LogP) is 3.16. The molecule has 2 heterocycles. The zero-order valence-corrected chi connectivity index (χ0v) is 14.9. The number of fused-ring (bicyclic) bond motifs is 1. The average molecular weight is 360 g/mol. The number of rotatable bonds is 6. The quantitative estimate of drug-likeness (QED) is 0.707. The van der Waals surface area contributed by atoms with Gasteiger partial charge in [0.15, 0.2) is 11.6 Å². The van der Waals surface area contributed by atoms with E-state index in [0.717, 1.165) is 0 Å². The van der Waals surface area contributed by atoms with Crippen molar-refractivity contribution in [3.63, 3.8) is 0 Å². The minimum absolute atomic E-state index is 0.158. The smallest absolute Gasteiger partial charge is 0.321 e. The number of carbonyl (C=O) groups excluding carboxylic acids is 1. The fraction of sp³-hybridized carbons (Fsp3) is 0.353. The van der Waals surface area contributed by atoms with E-state index in [1.807, 2.05) is 13.8 Å². The number of aromatic nitrogens is 4. The molecule has 0 aliphatic carbocycles. The molecule has 0 radical (unpaired) electrons. The first kappa shape index (κ1) is 17.7. The number of hydrogen-bond donors (Lipinski definition) is 2. The maximum atomic E-state index is 14.0. The fourth-order valence-corrected chi connectivity index (χ4v) is 2.59. The van der Waals surface area contributed by atoms with Crippen LogP contribution in [-0.2, 0) is 0 Å². The van der Waals surface area contributed by atoms with Gasteiger partial charge in [0.1, 0.15) is 0 Å². The average Bonchev–Trinajstić information content (AvgIpc) is 3.23. The Bertz CT molecular complexity index is 915. The van der Waals surface area contributed by atoms with Gasteiger partial charge in [0.2, 0.25) is 5.95 Å². The van der Waals surface area contributed by atoms with Crippen LogP contribution in [0.4, 0.5) is 14.9 Å². The van der Waals surface area contributed by atoms with Crippen LogP contribution in [0.15, 0.2) is 24.5 Å². The Morgan fingerprint density at radius 3 is 2.81 bits per heavy atom. The molecule has 1 aromatic carbocycles. The third kappa shape index (κ3) is 3.46. The van der Waals surface area contributed by atoms with E-state index in [9.17, 15) is 9.18 Å². The number of nitrogens with zero attached hydrogens (tertiary/aromatic N) is 4. The SMILES string of the molecule is CCOc1cc2nc(-n3cc(NC(=O)N(CC)CC)cn3)[nH]c2cc1F. The molecule has 0 saturated carbocycles. The maximum absolute atomic E-state index is 14.0. The van der Waals surface area contributed by atoms with Gasteiger partial charge in [-0.3, -0.25) is 0 Å². The van der Waals surface area contributed by atoms with Gasteiger partial charge in [0.05, 0.1) is 35.7 Å². The summed E-state index contributed by atoms with van der Waals surface area (Å²) >= 11 is 0. The summed E-state index contributed by atoms with van der Waals surface area (Å²) in [6.07, 6.45) is 3.17. The van der Waals surface area contributed by atoms with Crippen molar-refractivity contribution in [2.75, 3.05) is 25.0 Å². The van der Waals surface area contributed by atoms with Gasteiger partial charge in [0.25, 0.3) is 0 Å². The van der Waals surface area contributed by atoms with Gasteiger partial charge in [-0.25, -0.2) is 18.9 Å². The highest BCUT2D eigenvalue weighted by molar-refractivity contribution is 5.89. The van der Waals surface area contributed by atoms with Crippen LogP contribution in [0.3, 0.4) is 0 Å². The van der Waals surface area contributed by atoms with Crippen LogP contribution in [0.25, 0.3) is 17.0 Å². The summed E-state index contributed by atoms with van der Waals surface area (Å²) in [5.41, 5.74) is 1.64. The van der Waals surface area contributed by atoms with Crippen molar-refractivity contribution in [2.24, 2.45) is 0 Å². The van der Waals surface area contributed by atoms with Crippen molar-refractivity contribution in [1.29, 1.82) is 0 Å². The maximum Gasteiger partial charge on any atom is 0.321 e. The molecule has 138 valence electrons. The van der Waals surface area contributed by atoms with Gasteiger partial charge in [0, 0.05) is 25.2 Å². The summed E-state index contributed by atoms with van der Waals surface area (Å²) in [4.78, 5) is 21.2. The topological polar surface area (TPSA) is 88.1 Å². The first-order valence-corrected chi connectivity index (χ1v) is 8.48. The molecule has 2 N–H and O–H groups in total. The Hall–Kier alpha value is -3.10. The highest BCUT2D eigenvalue weighted by Crippen LogP contribution is 2.24. The highest BCUT2D eigenvalue weighted by Gasteiger charge is 2.13. The number of nitrogens with one attached hydrogen (secondary N) is 2. The Labute approximate surface area is 150 Å². The second-order valence-corrected chi connectivity index (χ2v) is 5.57. The molecule has 0 atom stereocenters. The van der Waals surface area contributed by atoms with Crippen LogP contribution < -0.4 is 10.1 Å². The predicted molar refractivity (Wildman–Crippen MR) is 96.3 cm³/mol. The van der Waals surface area contributed by atoms with E-state index in [0.29, 0.717) is 42.4 Å². The number of benzene rings is 1. The number of H-pyrrole nitrogens is 1. The minimum atomic E-state index is -0.456. The van der Waals surface area contributed by atoms with Crippen LogP contribution in [0.5, 0.6) is 5.75 Å². The van der Waals surface area contributed by atoms with Gasteiger partial charge in [-0.1, -0.05) is 0 Å². The third-order valence-corrected chi connectivity index (χ3v) is 3.92. The lowest BCUT2D eigenvalue weighted by atomic mass is 10.3. The number of halogens is 1. The lowest BCUT2D eigenvalue weighted by Crippen LogP contribution is -2.34. The van der Waals surface area contributed by atoms with E-state index in [4.69, 9.17) is 4.74 Å². The monoisotopic (exact) mass is 360 g/mol. The molecule has 3 aromatic rings. The largest absolute Gasteiger partial charge is 0.491 e. The molecule has 0 bridgehead atoms. The molecule has 0 fully saturated rings. The van der Waals surface area contributed by atoms with Gasteiger partial charge in [-0.15, -0.1) is 0 Å². The lowest BCUT2D eigenvalue weighted by Gasteiger charge is -2.18. The van der Waals surface area contributed by atoms with E-state index >= 15 is 0 Å². The lowest BCUT2D eigenvalue weighted by molar-refractivity contribution is 0.217. The Morgan fingerprint density at radius 2 is 2.12 bits per heavy atom. The summed E-state index contributed by atoms with van der Waals surface area (Å²) in [5, 5.41) is 6.98. The molecule has 26 heavy (non-hydrogen) atoms. The number of urea groups is 1. The van der Waals surface area contributed by atoms with Crippen molar-refractivity contribution in [1.82, 2.24) is 24.6 Å². The summed E-state index contributed by atoms with van der Waals surface area (Å²) < 4.78 is 20.7. The van der Waals surface area contributed by atoms with Crippen molar-refractivity contribution < 1.29 is 13.9 Å². The molecular weight excluding hydrogens is 339 g/mol. The summed E-state index contributed by atoms with van der Waals surface area (Å²) in [5.74, 6) is 0.115. The standard InChI is InChI=1S/C17H21FN6O2/c1-4-23(5-2)17(25)20-11-9-19-24(10-11)16-21-13-7-12(18)15(26-6-3)8-14(13)22-16/h7-10H,4-6H2,1-3H3,(H,20,25)(H,21,22). The molecule has 0 spiro atoms. The first-order valence-electron chi connectivity index (χ1n) is 8.48. The van der Waals surface area contributed by atoms with E-state index in [1.54, 1.807) is 24.1 Å². The van der Waals surface area contributed by atoms with Gasteiger partial charge >= 0.3 is 6.03 Å². The number of aromatic amines is 1. The van der Waals surface area contributed by atoms with E-state index in [-0.39, 0.29) is 11.8 Å². The van der Waals surface area contributed by atoms with Gasteiger partial charge < -0.3 is 19.9 Å². The Balaban J connectivity index is 1.83. The number of imidazole rings is 1. The van der Waals surface area contributed by atoms with Crippen LogP contribution in [0, 0.1) is 5.82 Å². The molecule has 0 unspecified atom stereocenters. The van der Waals surface area contributed by atoms with Crippen molar-refractivity contribution >= 4 is 22.8 Å². The molecule has 2 amide bonds. The molecule has 8 nitrogen and oxygen atoms in total. The summed E-state index contributed by atoms with van der Waals surface area (Å²) in [7, 11) is 0. The number of hydrogen-bond acceptors (Lipinski definition) is 4. The second-order valence-electron chi connectivity index (χ2n) is 5.57. The van der Waals surface area contributed by atoms with Crippen LogP contribution in [-0.4, -0.2) is 50.4 Å². The zero-order chi connectivity index (χ0) is 18.7. The van der Waals surface area contributed by atoms with Crippen molar-refractivity contribution in [3.8, 4) is 11.7 Å². The van der Waals surface area contributed by atoms with E-state index in [1.165, 1.54) is 16.9 Å². The van der Waals surface area contributed by atoms with Gasteiger partial charge in [-0.2, -0.15) is 5.10 Å². The number of ether oxygens (including phenoxy) is 1. The molecule has 3 rings (SSSR count). The van der Waals surface area contributed by atoms with E-state index in [2.05, 4.69) is 20.4 Å². The van der Waals surface area contributed by atoms with Crippen LogP contribution >= 0.6 is 0 Å². The second kappa shape index (κ2) is 7.42. The van der Waals surface area contributed by atoms with Crippen molar-refractivity contribution in [3.05, 3.63) is 30.3 Å². The van der Waals surface area contributed by atoms with Gasteiger partial charge in [-0.05, 0) is 20.8 Å². The highest BCUT2D eigenvalue weighted by atomic mass is 19.1.